The first-order chi connectivity index (χ1) is 10.5. The molecule has 1 aliphatic heterocycles. The first-order valence-electron chi connectivity index (χ1n) is 6.82. The molecule has 0 saturated carbocycles. The molecule has 1 unspecified atom stereocenters. The lowest BCUT2D eigenvalue weighted by molar-refractivity contribution is 0.0927. The van der Waals surface area contributed by atoms with Crippen LogP contribution in [0.5, 0.6) is 0 Å². The molecule has 22 heavy (non-hydrogen) atoms. The van der Waals surface area contributed by atoms with Gasteiger partial charge in [-0.15, -0.1) is 11.3 Å². The van der Waals surface area contributed by atoms with Gasteiger partial charge in [0.15, 0.2) is 5.78 Å². The maximum Gasteiger partial charge on any atom is 0.252 e. The Morgan fingerprint density at radius 1 is 1.23 bits per heavy atom. The number of halogens is 1. The molecule has 1 fully saturated rings. The van der Waals surface area contributed by atoms with Gasteiger partial charge in [0, 0.05) is 24.6 Å². The summed E-state index contributed by atoms with van der Waals surface area (Å²) in [6.07, 6.45) is 0.487. The molecule has 3 rings (SSSR count). The van der Waals surface area contributed by atoms with Gasteiger partial charge < -0.3 is 0 Å². The van der Waals surface area contributed by atoms with Crippen molar-refractivity contribution in [3.63, 3.8) is 0 Å². The molecular formula is C15H14FNO3S2. The number of rotatable bonds is 4. The summed E-state index contributed by atoms with van der Waals surface area (Å²) in [6, 6.07) is 8.61. The Kier molecular flexibility index (Phi) is 4.12. The van der Waals surface area contributed by atoms with Crippen molar-refractivity contribution in [3.05, 3.63) is 53.2 Å². The molecule has 0 amide bonds. The van der Waals surface area contributed by atoms with Crippen molar-refractivity contribution in [1.82, 2.24) is 4.31 Å². The third kappa shape index (κ3) is 2.84. The smallest absolute Gasteiger partial charge is 0.252 e. The number of benzene rings is 1. The van der Waals surface area contributed by atoms with Crippen molar-refractivity contribution in [2.45, 2.75) is 10.6 Å². The van der Waals surface area contributed by atoms with E-state index in [4.69, 9.17) is 0 Å². The van der Waals surface area contributed by atoms with E-state index in [-0.39, 0.29) is 18.2 Å². The number of hydrogen-bond acceptors (Lipinski definition) is 4. The van der Waals surface area contributed by atoms with Crippen LogP contribution in [0.3, 0.4) is 0 Å². The highest BCUT2D eigenvalue weighted by molar-refractivity contribution is 7.91. The second-order valence-electron chi connectivity index (χ2n) is 5.15. The Bertz CT molecular complexity index is 770. The molecule has 7 heteroatoms. The van der Waals surface area contributed by atoms with Crippen LogP contribution in [0.1, 0.15) is 16.8 Å². The average molecular weight is 339 g/mol. The minimum Gasteiger partial charge on any atom is -0.294 e. The maximum absolute atomic E-state index is 12.9. The summed E-state index contributed by atoms with van der Waals surface area (Å²) in [5.41, 5.74) is 0.418. The van der Waals surface area contributed by atoms with Gasteiger partial charge in [-0.2, -0.15) is 4.31 Å². The van der Waals surface area contributed by atoms with Crippen LogP contribution in [0.15, 0.2) is 46.0 Å². The monoisotopic (exact) mass is 339 g/mol. The molecule has 2 heterocycles. The first kappa shape index (κ1) is 15.3. The Hall–Kier alpha value is -1.57. The fourth-order valence-electron chi connectivity index (χ4n) is 2.55. The lowest BCUT2D eigenvalue weighted by Gasteiger charge is -2.15. The number of carbonyl (C=O) groups excluding carboxylic acids is 1. The molecule has 1 atom stereocenters. The SMILES string of the molecule is O=C(c1ccc(F)cc1)C1CCN(S(=O)(=O)c2cccs2)C1. The molecule has 1 saturated heterocycles. The molecule has 1 aromatic heterocycles. The third-order valence-corrected chi connectivity index (χ3v) is 6.98. The number of carbonyl (C=O) groups is 1. The summed E-state index contributed by atoms with van der Waals surface area (Å²) >= 11 is 1.17. The van der Waals surface area contributed by atoms with E-state index in [0.717, 1.165) is 0 Å². The lowest BCUT2D eigenvalue weighted by atomic mass is 9.97. The summed E-state index contributed by atoms with van der Waals surface area (Å²) in [5.74, 6) is -0.908. The normalized spacial score (nSPS) is 19.4. The third-order valence-electron chi connectivity index (χ3n) is 3.74. The van der Waals surface area contributed by atoms with E-state index < -0.39 is 15.8 Å². The Labute approximate surface area is 132 Å². The van der Waals surface area contributed by atoms with Gasteiger partial charge in [-0.05, 0) is 42.1 Å². The Morgan fingerprint density at radius 2 is 1.95 bits per heavy atom. The summed E-state index contributed by atoms with van der Waals surface area (Å²) in [4.78, 5) is 12.4. The van der Waals surface area contributed by atoms with Crippen LogP contribution in [0.25, 0.3) is 0 Å². The van der Waals surface area contributed by atoms with Crippen LogP contribution in [0, 0.1) is 11.7 Å². The van der Waals surface area contributed by atoms with Gasteiger partial charge in [0.05, 0.1) is 0 Å². The van der Waals surface area contributed by atoms with Crippen LogP contribution in [-0.4, -0.2) is 31.6 Å². The van der Waals surface area contributed by atoms with Crippen molar-refractivity contribution >= 4 is 27.1 Å². The van der Waals surface area contributed by atoms with Gasteiger partial charge in [0.2, 0.25) is 0 Å². The predicted octanol–water partition coefficient (Wildman–Crippen LogP) is 2.78. The molecule has 116 valence electrons. The Balaban J connectivity index is 1.75. The highest BCUT2D eigenvalue weighted by Crippen LogP contribution is 2.28. The van der Waals surface area contributed by atoms with Gasteiger partial charge in [0.25, 0.3) is 10.0 Å². The van der Waals surface area contributed by atoms with Crippen LogP contribution in [0.2, 0.25) is 0 Å². The van der Waals surface area contributed by atoms with Crippen molar-refractivity contribution in [1.29, 1.82) is 0 Å². The zero-order valence-electron chi connectivity index (χ0n) is 11.6. The minimum absolute atomic E-state index is 0.135. The fraction of sp³-hybridized carbons (Fsp3) is 0.267. The fourth-order valence-corrected chi connectivity index (χ4v) is 5.19. The van der Waals surface area contributed by atoms with Crippen LogP contribution >= 0.6 is 11.3 Å². The average Bonchev–Trinajstić information content (AvgIpc) is 3.19. The Morgan fingerprint density at radius 3 is 2.59 bits per heavy atom. The number of thiophene rings is 1. The highest BCUT2D eigenvalue weighted by Gasteiger charge is 2.36. The quantitative estimate of drug-likeness (QED) is 0.805. The first-order valence-corrected chi connectivity index (χ1v) is 9.14. The lowest BCUT2D eigenvalue weighted by Crippen LogP contribution is -2.29. The van der Waals surface area contributed by atoms with Crippen molar-refractivity contribution in [3.8, 4) is 0 Å². The van der Waals surface area contributed by atoms with E-state index >= 15 is 0 Å². The molecule has 1 aromatic carbocycles. The van der Waals surface area contributed by atoms with Crippen LogP contribution in [0.4, 0.5) is 4.39 Å². The number of nitrogens with zero attached hydrogens (tertiary/aromatic N) is 1. The topological polar surface area (TPSA) is 54.5 Å². The molecule has 0 N–H and O–H groups in total. The number of Topliss-reactive ketones (excluding diaryl/α,β-unsaturated/α-hetero) is 1. The van der Waals surface area contributed by atoms with Crippen LogP contribution in [-0.2, 0) is 10.0 Å². The van der Waals surface area contributed by atoms with Gasteiger partial charge in [0.1, 0.15) is 10.0 Å². The van der Waals surface area contributed by atoms with E-state index in [1.54, 1.807) is 17.5 Å². The predicted molar refractivity (Wildman–Crippen MR) is 81.9 cm³/mol. The molecular weight excluding hydrogens is 325 g/mol. The van der Waals surface area contributed by atoms with Crippen molar-refractivity contribution in [2.75, 3.05) is 13.1 Å². The van der Waals surface area contributed by atoms with E-state index in [1.165, 1.54) is 39.9 Å². The van der Waals surface area contributed by atoms with Crippen LogP contribution < -0.4 is 0 Å². The number of ketones is 1. The van der Waals surface area contributed by atoms with E-state index in [9.17, 15) is 17.6 Å². The molecule has 2 aromatic rings. The molecule has 0 spiro atoms. The molecule has 0 aliphatic carbocycles. The second-order valence-corrected chi connectivity index (χ2v) is 8.26. The van der Waals surface area contributed by atoms with Gasteiger partial charge >= 0.3 is 0 Å². The zero-order valence-corrected chi connectivity index (χ0v) is 13.2. The number of sulfonamides is 1. The van der Waals surface area contributed by atoms with Crippen molar-refractivity contribution in [2.24, 2.45) is 5.92 Å². The minimum atomic E-state index is -3.51. The number of hydrogen-bond donors (Lipinski definition) is 0. The zero-order chi connectivity index (χ0) is 15.7. The summed E-state index contributed by atoms with van der Waals surface area (Å²) in [7, 11) is -3.51. The standard InChI is InChI=1S/C15H14FNO3S2/c16-13-5-3-11(4-6-13)15(18)12-7-8-17(10-12)22(19,20)14-2-1-9-21-14/h1-6,9,12H,7-8,10H2. The molecule has 0 radical (unpaired) electrons. The summed E-state index contributed by atoms with van der Waals surface area (Å²) in [6.45, 7) is 0.508. The summed E-state index contributed by atoms with van der Waals surface area (Å²) in [5, 5.41) is 1.71. The highest BCUT2D eigenvalue weighted by atomic mass is 32.2. The summed E-state index contributed by atoms with van der Waals surface area (Å²) < 4.78 is 39.4. The molecule has 0 bridgehead atoms. The largest absolute Gasteiger partial charge is 0.294 e. The van der Waals surface area contributed by atoms with Crippen molar-refractivity contribution < 1.29 is 17.6 Å². The molecule has 4 nitrogen and oxygen atoms in total. The maximum atomic E-state index is 12.9. The van der Waals surface area contributed by atoms with E-state index in [1.807, 2.05) is 0 Å². The van der Waals surface area contributed by atoms with Gasteiger partial charge in [-0.1, -0.05) is 6.07 Å². The molecule has 1 aliphatic rings. The van der Waals surface area contributed by atoms with Gasteiger partial charge in [-0.3, -0.25) is 4.79 Å². The van der Waals surface area contributed by atoms with E-state index in [0.29, 0.717) is 22.7 Å². The van der Waals surface area contributed by atoms with E-state index in [2.05, 4.69) is 0 Å². The second kappa shape index (κ2) is 5.91. The van der Waals surface area contributed by atoms with Gasteiger partial charge in [-0.25, -0.2) is 12.8 Å².